The zero-order valence-electron chi connectivity index (χ0n) is 12.3. The number of nitrogens with zero attached hydrogens (tertiary/aromatic N) is 4. The Balaban J connectivity index is 1.33. The fraction of sp³-hybridized carbons (Fsp3) is 0.750. The van der Waals surface area contributed by atoms with Crippen molar-refractivity contribution < 1.29 is 0 Å². The molecule has 108 valence electrons. The topological polar surface area (TPSA) is 32.3 Å². The molecule has 2 atom stereocenters. The maximum Gasteiger partial charge on any atom is 0.225 e. The Kier molecular flexibility index (Phi) is 3.14. The van der Waals surface area contributed by atoms with Gasteiger partial charge in [-0.15, -0.1) is 0 Å². The predicted octanol–water partition coefficient (Wildman–Crippen LogP) is 1.96. The van der Waals surface area contributed by atoms with Gasteiger partial charge in [0.05, 0.1) is 0 Å². The van der Waals surface area contributed by atoms with Crippen molar-refractivity contribution in [2.24, 2.45) is 11.8 Å². The minimum atomic E-state index is 0.745. The van der Waals surface area contributed by atoms with Gasteiger partial charge in [-0.25, -0.2) is 9.97 Å². The average Bonchev–Trinajstić information content (AvgIpc) is 2.99. The summed E-state index contributed by atoms with van der Waals surface area (Å²) in [5, 5.41) is 0. The molecular weight excluding hydrogens is 248 g/mol. The summed E-state index contributed by atoms with van der Waals surface area (Å²) in [5.41, 5.74) is 1.22. The molecule has 0 bridgehead atoms. The molecule has 1 aromatic heterocycles. The second-order valence-electron chi connectivity index (χ2n) is 6.71. The van der Waals surface area contributed by atoms with Crippen molar-refractivity contribution in [2.45, 2.75) is 38.6 Å². The SMILES string of the molecule is CCc1cnc(N2CC(N3CC4CCCC4C3)C2)nc1. The molecule has 0 radical (unpaired) electrons. The smallest absolute Gasteiger partial charge is 0.225 e. The molecule has 0 N–H and O–H groups in total. The van der Waals surface area contributed by atoms with E-state index in [4.69, 9.17) is 0 Å². The average molecular weight is 272 g/mol. The first-order valence-electron chi connectivity index (χ1n) is 8.13. The van der Waals surface area contributed by atoms with Crippen LogP contribution >= 0.6 is 0 Å². The third kappa shape index (κ3) is 2.10. The Morgan fingerprint density at radius 3 is 2.30 bits per heavy atom. The molecule has 0 spiro atoms. The second kappa shape index (κ2) is 4.99. The van der Waals surface area contributed by atoms with Crippen molar-refractivity contribution in [3.05, 3.63) is 18.0 Å². The van der Waals surface area contributed by atoms with Crippen LogP contribution in [0.2, 0.25) is 0 Å². The molecule has 4 heteroatoms. The zero-order chi connectivity index (χ0) is 13.5. The first kappa shape index (κ1) is 12.6. The van der Waals surface area contributed by atoms with Crippen LogP contribution in [-0.4, -0.2) is 47.1 Å². The Hall–Kier alpha value is -1.16. The first-order chi connectivity index (χ1) is 9.83. The standard InChI is InChI=1S/C16H24N4/c1-2-12-6-17-16(18-7-12)20-10-15(11-20)19-8-13-4-3-5-14(13)9-19/h6-7,13-15H,2-5,8-11H2,1H3. The van der Waals surface area contributed by atoms with Crippen LogP contribution in [0.1, 0.15) is 31.7 Å². The zero-order valence-corrected chi connectivity index (χ0v) is 12.3. The van der Waals surface area contributed by atoms with E-state index in [9.17, 15) is 0 Å². The van der Waals surface area contributed by atoms with Crippen molar-refractivity contribution >= 4 is 5.95 Å². The van der Waals surface area contributed by atoms with Crippen LogP contribution in [-0.2, 0) is 6.42 Å². The summed E-state index contributed by atoms with van der Waals surface area (Å²) in [6, 6.07) is 0.745. The molecule has 4 nitrogen and oxygen atoms in total. The molecule has 0 aromatic carbocycles. The summed E-state index contributed by atoms with van der Waals surface area (Å²) in [5.74, 6) is 2.92. The van der Waals surface area contributed by atoms with Gasteiger partial charge in [-0.05, 0) is 36.7 Å². The molecule has 1 saturated carbocycles. The number of aryl methyl sites for hydroxylation is 1. The Labute approximate surface area is 121 Å². The lowest BCUT2D eigenvalue weighted by molar-refractivity contribution is 0.189. The van der Waals surface area contributed by atoms with Crippen molar-refractivity contribution in [3.8, 4) is 0 Å². The van der Waals surface area contributed by atoms with Crippen molar-refractivity contribution in [3.63, 3.8) is 0 Å². The summed E-state index contributed by atoms with van der Waals surface area (Å²) in [4.78, 5) is 14.0. The first-order valence-corrected chi connectivity index (χ1v) is 8.13. The number of likely N-dealkylation sites (tertiary alicyclic amines) is 1. The molecule has 2 unspecified atom stereocenters. The highest BCUT2D eigenvalue weighted by Crippen LogP contribution is 2.39. The minimum absolute atomic E-state index is 0.745. The third-order valence-electron chi connectivity index (χ3n) is 5.52. The summed E-state index contributed by atoms with van der Waals surface area (Å²) in [7, 11) is 0. The van der Waals surface area contributed by atoms with Crippen LogP contribution < -0.4 is 4.90 Å². The van der Waals surface area contributed by atoms with Crippen molar-refractivity contribution in [1.82, 2.24) is 14.9 Å². The van der Waals surface area contributed by atoms with Gasteiger partial charge >= 0.3 is 0 Å². The maximum atomic E-state index is 4.49. The number of anilines is 1. The highest BCUT2D eigenvalue weighted by Gasteiger charge is 2.42. The second-order valence-corrected chi connectivity index (χ2v) is 6.71. The quantitative estimate of drug-likeness (QED) is 0.842. The number of fused-ring (bicyclic) bond motifs is 1. The largest absolute Gasteiger partial charge is 0.338 e. The van der Waals surface area contributed by atoms with Crippen LogP contribution in [0.3, 0.4) is 0 Å². The molecule has 3 aliphatic rings. The number of hydrogen-bond acceptors (Lipinski definition) is 4. The van der Waals surface area contributed by atoms with Crippen LogP contribution in [0.5, 0.6) is 0 Å². The van der Waals surface area contributed by atoms with E-state index in [1.165, 1.54) is 37.9 Å². The number of hydrogen-bond donors (Lipinski definition) is 0. The Morgan fingerprint density at radius 2 is 1.70 bits per heavy atom. The van der Waals surface area contributed by atoms with E-state index < -0.39 is 0 Å². The highest BCUT2D eigenvalue weighted by atomic mass is 15.4. The van der Waals surface area contributed by atoms with Crippen LogP contribution in [0.25, 0.3) is 0 Å². The summed E-state index contributed by atoms with van der Waals surface area (Å²) in [6.45, 7) is 7.07. The van der Waals surface area contributed by atoms with Crippen molar-refractivity contribution in [2.75, 3.05) is 31.1 Å². The van der Waals surface area contributed by atoms with Crippen molar-refractivity contribution in [1.29, 1.82) is 0 Å². The fourth-order valence-electron chi connectivity index (χ4n) is 4.11. The molecule has 2 aliphatic heterocycles. The van der Waals surface area contributed by atoms with E-state index in [1.807, 2.05) is 12.4 Å². The lowest BCUT2D eigenvalue weighted by Crippen LogP contribution is -2.59. The molecular formula is C16H24N4. The summed E-state index contributed by atoms with van der Waals surface area (Å²) >= 11 is 0. The molecule has 1 aromatic rings. The van der Waals surface area contributed by atoms with Gasteiger partial charge in [-0.2, -0.15) is 0 Å². The molecule has 2 saturated heterocycles. The van der Waals surface area contributed by atoms with E-state index in [2.05, 4.69) is 26.7 Å². The van der Waals surface area contributed by atoms with E-state index >= 15 is 0 Å². The van der Waals surface area contributed by atoms with E-state index in [0.717, 1.165) is 43.3 Å². The predicted molar refractivity (Wildman–Crippen MR) is 79.8 cm³/mol. The Bertz CT molecular complexity index is 454. The normalized spacial score (nSPS) is 30.6. The number of aromatic nitrogens is 2. The van der Waals surface area contributed by atoms with Gasteiger partial charge in [0, 0.05) is 44.6 Å². The maximum absolute atomic E-state index is 4.49. The van der Waals surface area contributed by atoms with Gasteiger partial charge in [-0.1, -0.05) is 13.3 Å². The van der Waals surface area contributed by atoms with Gasteiger partial charge in [0.15, 0.2) is 0 Å². The molecule has 0 amide bonds. The molecule has 3 heterocycles. The summed E-state index contributed by atoms with van der Waals surface area (Å²) in [6.07, 6.45) is 9.36. The van der Waals surface area contributed by atoms with E-state index in [-0.39, 0.29) is 0 Å². The monoisotopic (exact) mass is 272 g/mol. The molecule has 1 aliphatic carbocycles. The molecule has 4 rings (SSSR count). The van der Waals surface area contributed by atoms with Gasteiger partial charge in [0.25, 0.3) is 0 Å². The minimum Gasteiger partial charge on any atom is -0.338 e. The molecule has 20 heavy (non-hydrogen) atoms. The van der Waals surface area contributed by atoms with E-state index in [1.54, 1.807) is 0 Å². The van der Waals surface area contributed by atoms with Gasteiger partial charge in [0.2, 0.25) is 5.95 Å². The van der Waals surface area contributed by atoms with Crippen LogP contribution in [0.15, 0.2) is 12.4 Å². The van der Waals surface area contributed by atoms with Gasteiger partial charge < -0.3 is 4.90 Å². The fourth-order valence-corrected chi connectivity index (χ4v) is 4.11. The van der Waals surface area contributed by atoms with Crippen LogP contribution in [0.4, 0.5) is 5.95 Å². The van der Waals surface area contributed by atoms with E-state index in [0.29, 0.717) is 0 Å². The lowest BCUT2D eigenvalue weighted by atomic mass is 10.0. The van der Waals surface area contributed by atoms with Gasteiger partial charge in [-0.3, -0.25) is 4.90 Å². The number of rotatable bonds is 3. The van der Waals surface area contributed by atoms with Gasteiger partial charge in [0.1, 0.15) is 0 Å². The third-order valence-corrected chi connectivity index (χ3v) is 5.52. The summed E-state index contributed by atoms with van der Waals surface area (Å²) < 4.78 is 0. The molecule has 3 fully saturated rings. The Morgan fingerprint density at radius 1 is 1.05 bits per heavy atom. The van der Waals surface area contributed by atoms with Crippen LogP contribution in [0, 0.1) is 11.8 Å². The highest BCUT2D eigenvalue weighted by molar-refractivity contribution is 5.35. The lowest BCUT2D eigenvalue weighted by Gasteiger charge is -2.44.